The van der Waals surface area contributed by atoms with Crippen LogP contribution in [0.2, 0.25) is 0 Å². The number of carbonyl (C=O) groups is 2. The van der Waals surface area contributed by atoms with Crippen LogP contribution in [0.3, 0.4) is 0 Å². The quantitative estimate of drug-likeness (QED) is 0.259. The van der Waals surface area contributed by atoms with E-state index in [0.29, 0.717) is 5.57 Å². The molecule has 0 unspecified atom stereocenters. The van der Waals surface area contributed by atoms with Crippen molar-refractivity contribution >= 4 is 39.6 Å². The lowest BCUT2D eigenvalue weighted by Crippen LogP contribution is -2.58. The van der Waals surface area contributed by atoms with Gasteiger partial charge < -0.3 is 9.64 Å². The fourth-order valence-corrected chi connectivity index (χ4v) is 4.07. The first-order valence-electron chi connectivity index (χ1n) is 5.77. The Bertz CT molecular complexity index is 508. The molecule has 0 radical (unpaired) electrons. The van der Waals surface area contributed by atoms with E-state index in [1.807, 2.05) is 13.8 Å². The number of thioether (sulfide) groups is 1. The molecular formula is C13H14BrNO3S. The summed E-state index contributed by atoms with van der Waals surface area (Å²) in [7, 11) is 0. The van der Waals surface area contributed by atoms with Crippen molar-refractivity contribution in [1.82, 2.24) is 4.90 Å². The number of fused-ring (bicyclic) bond motifs is 1. The molecule has 0 aromatic carbocycles. The lowest BCUT2D eigenvalue weighted by Gasteiger charge is -2.38. The van der Waals surface area contributed by atoms with Crippen LogP contribution in [0.4, 0.5) is 0 Å². The minimum absolute atomic E-state index is 0.113. The molecule has 19 heavy (non-hydrogen) atoms. The van der Waals surface area contributed by atoms with Crippen LogP contribution in [0.25, 0.3) is 0 Å². The SMILES string of the molecule is C=CCOC(=O)[C@@H]1N2C(=O)C(=C=CBr)[C@H]2SC1(C)C. The highest BCUT2D eigenvalue weighted by molar-refractivity contribution is 9.11. The Hall–Kier alpha value is -0.970. The third kappa shape index (κ3) is 2.29. The summed E-state index contributed by atoms with van der Waals surface area (Å²) in [4.78, 5) is 27.3. The molecule has 2 fully saturated rings. The number of β-lactam (4-membered cyclic amide) rings is 1. The average Bonchev–Trinajstić information content (AvgIpc) is 2.61. The number of rotatable bonds is 3. The lowest BCUT2D eigenvalue weighted by molar-refractivity contribution is -0.156. The Morgan fingerprint density at radius 1 is 1.68 bits per heavy atom. The maximum Gasteiger partial charge on any atom is 0.330 e. The van der Waals surface area contributed by atoms with E-state index in [0.717, 1.165) is 0 Å². The van der Waals surface area contributed by atoms with Crippen LogP contribution in [-0.4, -0.2) is 39.5 Å². The van der Waals surface area contributed by atoms with E-state index < -0.39 is 6.04 Å². The molecule has 0 aromatic heterocycles. The van der Waals surface area contributed by atoms with Crippen molar-refractivity contribution < 1.29 is 14.3 Å². The molecule has 0 saturated carbocycles. The molecule has 1 amide bonds. The number of ether oxygens (including phenoxy) is 1. The fraction of sp³-hybridized carbons (Fsp3) is 0.462. The molecular weight excluding hydrogens is 330 g/mol. The molecule has 102 valence electrons. The van der Waals surface area contributed by atoms with Crippen LogP contribution in [-0.2, 0) is 14.3 Å². The summed E-state index contributed by atoms with van der Waals surface area (Å²) in [5.74, 6) is -0.533. The standard InChI is InChI=1S/C13H14BrNO3S/c1-4-7-18-12(17)9-13(2,3)19-11-8(5-6-14)10(16)15(9)11/h4,6,9,11H,1,7H2,2-3H3/t5?,9-,11+/m0/s1. The summed E-state index contributed by atoms with van der Waals surface area (Å²) in [6.45, 7) is 7.55. The van der Waals surface area contributed by atoms with Crippen LogP contribution in [0.1, 0.15) is 13.8 Å². The lowest BCUT2D eigenvalue weighted by atomic mass is 9.96. The monoisotopic (exact) mass is 343 g/mol. The third-order valence-electron chi connectivity index (χ3n) is 3.09. The first-order chi connectivity index (χ1) is 8.94. The zero-order valence-corrected chi connectivity index (χ0v) is 13.1. The molecule has 2 aliphatic rings. The normalized spacial score (nSPS) is 27.2. The first-order valence-corrected chi connectivity index (χ1v) is 7.57. The van der Waals surface area contributed by atoms with Crippen molar-refractivity contribution in [3.8, 4) is 0 Å². The highest BCUT2D eigenvalue weighted by Crippen LogP contribution is 2.52. The molecule has 0 aromatic rings. The third-order valence-corrected chi connectivity index (χ3v) is 4.84. The number of hydrogen-bond acceptors (Lipinski definition) is 4. The average molecular weight is 344 g/mol. The maximum atomic E-state index is 12.1. The fourth-order valence-electron chi connectivity index (χ4n) is 2.29. The van der Waals surface area contributed by atoms with E-state index in [4.69, 9.17) is 4.74 Å². The second kappa shape index (κ2) is 5.19. The Morgan fingerprint density at radius 3 is 2.95 bits per heavy atom. The second-order valence-electron chi connectivity index (χ2n) is 4.77. The van der Waals surface area contributed by atoms with Crippen molar-refractivity contribution in [2.24, 2.45) is 0 Å². The topological polar surface area (TPSA) is 46.6 Å². The van der Waals surface area contributed by atoms with Crippen molar-refractivity contribution in [2.75, 3.05) is 6.61 Å². The van der Waals surface area contributed by atoms with E-state index in [9.17, 15) is 9.59 Å². The number of hydrogen-bond donors (Lipinski definition) is 0. The van der Waals surface area contributed by atoms with Crippen LogP contribution in [0.5, 0.6) is 0 Å². The van der Waals surface area contributed by atoms with Crippen LogP contribution in [0, 0.1) is 0 Å². The van der Waals surface area contributed by atoms with Crippen LogP contribution >= 0.6 is 27.7 Å². The van der Waals surface area contributed by atoms with Gasteiger partial charge in [-0.3, -0.25) is 4.79 Å². The van der Waals surface area contributed by atoms with Gasteiger partial charge in [0.15, 0.2) is 0 Å². The Balaban J connectivity index is 2.26. The van der Waals surface area contributed by atoms with Gasteiger partial charge in [-0.2, -0.15) is 0 Å². The van der Waals surface area contributed by atoms with E-state index in [1.54, 1.807) is 16.7 Å². The summed E-state index contributed by atoms with van der Waals surface area (Å²) in [5.41, 5.74) is 3.46. The van der Waals surface area contributed by atoms with Crippen molar-refractivity contribution in [3.63, 3.8) is 0 Å². The molecule has 0 aliphatic carbocycles. The van der Waals surface area contributed by atoms with Gasteiger partial charge in [0.2, 0.25) is 0 Å². The van der Waals surface area contributed by atoms with Gasteiger partial charge in [-0.05, 0) is 13.8 Å². The summed E-state index contributed by atoms with van der Waals surface area (Å²) in [6.07, 6.45) is 1.52. The zero-order valence-electron chi connectivity index (χ0n) is 10.7. The summed E-state index contributed by atoms with van der Waals surface area (Å²) in [5, 5.41) is -0.113. The van der Waals surface area contributed by atoms with Gasteiger partial charge >= 0.3 is 5.97 Å². The number of nitrogens with zero attached hydrogens (tertiary/aromatic N) is 1. The van der Waals surface area contributed by atoms with Gasteiger partial charge in [-0.1, -0.05) is 28.6 Å². The van der Waals surface area contributed by atoms with E-state index in [-0.39, 0.29) is 28.6 Å². The second-order valence-corrected chi connectivity index (χ2v) is 6.97. The molecule has 2 saturated heterocycles. The molecule has 4 nitrogen and oxygen atoms in total. The van der Waals surface area contributed by atoms with Crippen molar-refractivity contribution in [3.05, 3.63) is 28.9 Å². The molecule has 0 spiro atoms. The number of carbonyl (C=O) groups excluding carboxylic acids is 2. The Morgan fingerprint density at radius 2 is 2.37 bits per heavy atom. The predicted octanol–water partition coefficient (Wildman–Crippen LogP) is 2.21. The van der Waals surface area contributed by atoms with E-state index >= 15 is 0 Å². The van der Waals surface area contributed by atoms with Gasteiger partial charge in [0.05, 0.1) is 5.57 Å². The predicted molar refractivity (Wildman–Crippen MR) is 77.8 cm³/mol. The van der Waals surface area contributed by atoms with Gasteiger partial charge in [-0.25, -0.2) is 4.79 Å². The highest BCUT2D eigenvalue weighted by atomic mass is 79.9. The summed E-state index contributed by atoms with van der Waals surface area (Å²) < 4.78 is 4.72. The van der Waals surface area contributed by atoms with Crippen LogP contribution < -0.4 is 0 Å². The first kappa shape index (κ1) is 14.4. The van der Waals surface area contributed by atoms with Gasteiger partial charge in [-0.15, -0.1) is 17.5 Å². The minimum atomic E-state index is -0.559. The molecule has 2 aliphatic heterocycles. The number of esters is 1. The Labute approximate surface area is 124 Å². The van der Waals surface area contributed by atoms with E-state index in [1.165, 1.54) is 11.1 Å². The van der Waals surface area contributed by atoms with Gasteiger partial charge in [0, 0.05) is 9.73 Å². The molecule has 2 rings (SSSR count). The largest absolute Gasteiger partial charge is 0.460 e. The molecule has 2 atom stereocenters. The smallest absolute Gasteiger partial charge is 0.330 e. The van der Waals surface area contributed by atoms with E-state index in [2.05, 4.69) is 28.2 Å². The summed E-state index contributed by atoms with van der Waals surface area (Å²) in [6, 6.07) is -0.559. The molecule has 0 N–H and O–H groups in total. The summed E-state index contributed by atoms with van der Waals surface area (Å²) >= 11 is 4.69. The number of halogens is 1. The van der Waals surface area contributed by atoms with Crippen molar-refractivity contribution in [2.45, 2.75) is 30.0 Å². The maximum absolute atomic E-state index is 12.1. The minimum Gasteiger partial charge on any atom is -0.460 e. The number of amides is 1. The van der Waals surface area contributed by atoms with Gasteiger partial charge in [0.25, 0.3) is 5.91 Å². The molecule has 0 bridgehead atoms. The van der Waals surface area contributed by atoms with Crippen LogP contribution in [0.15, 0.2) is 28.9 Å². The van der Waals surface area contributed by atoms with Gasteiger partial charge in [0.1, 0.15) is 18.0 Å². The molecule has 2 heterocycles. The van der Waals surface area contributed by atoms with Crippen molar-refractivity contribution in [1.29, 1.82) is 0 Å². The Kier molecular flexibility index (Phi) is 3.95. The molecule has 6 heteroatoms. The zero-order chi connectivity index (χ0) is 14.2. The highest BCUT2D eigenvalue weighted by Gasteiger charge is 2.61.